The van der Waals surface area contributed by atoms with E-state index in [9.17, 15) is 9.59 Å². The first-order valence-corrected chi connectivity index (χ1v) is 16.9. The number of carbonyl (C=O) groups is 2. The molecule has 4 nitrogen and oxygen atoms in total. The van der Waals surface area contributed by atoms with E-state index in [-0.39, 0.29) is 13.2 Å². The Morgan fingerprint density at radius 2 is 1.00 bits per heavy atom. The van der Waals surface area contributed by atoms with Crippen molar-refractivity contribution in [3.63, 3.8) is 0 Å². The lowest BCUT2D eigenvalue weighted by atomic mass is 10.1. The Kier molecular flexibility index (Phi) is 7.63. The molecule has 0 amide bonds. The molecule has 0 heterocycles. The van der Waals surface area contributed by atoms with Crippen LogP contribution in [0.15, 0.2) is 84.9 Å². The Hall–Kier alpha value is -3.96. The number of rotatable bonds is 10. The number of unbranched alkanes of at least 4 members (excludes halogenated alkanes) is 2. The highest BCUT2D eigenvalue weighted by atomic mass is 28.3. The Labute approximate surface area is 243 Å². The van der Waals surface area contributed by atoms with Gasteiger partial charge in [0.2, 0.25) is 0 Å². The van der Waals surface area contributed by atoms with Crippen molar-refractivity contribution < 1.29 is 19.1 Å². The molecule has 6 rings (SSSR count). The minimum absolute atomic E-state index is 0.289. The van der Waals surface area contributed by atoms with Crippen LogP contribution in [0.5, 0.6) is 0 Å². The molecule has 0 spiro atoms. The minimum atomic E-state index is -3.97. The largest absolute Gasteiger partial charge is 0.469 e. The molecular weight excluding hydrogens is 524 g/mol. The average Bonchev–Trinajstić information content (AvgIpc) is 3.57. The average molecular weight is 561 g/mol. The molecule has 208 valence electrons. The first-order chi connectivity index (χ1) is 20.1. The third-order valence-electron chi connectivity index (χ3n) is 8.58. The van der Waals surface area contributed by atoms with Gasteiger partial charge in [0, 0.05) is 0 Å². The first kappa shape index (κ1) is 27.2. The van der Waals surface area contributed by atoms with Gasteiger partial charge in [-0.1, -0.05) is 112 Å². The van der Waals surface area contributed by atoms with Gasteiger partial charge in [0.05, 0.1) is 13.2 Å². The number of carbonyl (C=O) groups excluding carboxylic acids is 2. The molecule has 2 aliphatic rings. The zero-order valence-corrected chi connectivity index (χ0v) is 24.9. The van der Waals surface area contributed by atoms with Crippen LogP contribution in [-0.4, -0.2) is 32.5 Å². The molecule has 0 fully saturated rings. The SMILES string of the molecule is CCCCOC(=O)[Si](C(=O)OCCCC)(c1cccc2c1Cc1ccccc1-2)c1cccc2c1Cc1ccccc1-2. The predicted octanol–water partition coefficient (Wildman–Crippen LogP) is 7.43. The highest BCUT2D eigenvalue weighted by Gasteiger charge is 2.59. The molecule has 0 aromatic heterocycles. The normalized spacial score (nSPS) is 12.7. The van der Waals surface area contributed by atoms with Gasteiger partial charge in [0.1, 0.15) is 0 Å². The van der Waals surface area contributed by atoms with E-state index in [0.717, 1.165) is 69.4 Å². The molecule has 0 saturated carbocycles. The van der Waals surface area contributed by atoms with Crippen molar-refractivity contribution in [1.29, 1.82) is 0 Å². The second kappa shape index (κ2) is 11.5. The van der Waals surface area contributed by atoms with Crippen molar-refractivity contribution in [2.24, 2.45) is 0 Å². The fourth-order valence-electron chi connectivity index (χ4n) is 6.52. The summed E-state index contributed by atoms with van der Waals surface area (Å²) < 4.78 is 12.2. The standard InChI is InChI=1S/C36H36O4Si/c1-3-5-21-39-35(37)41(36(38)40-22-6-4-2,33-19-11-17-29-27-15-9-7-13-25(27)23-31(29)33)34-20-12-18-30-28-16-10-8-14-26(28)24-32(30)34/h7-20H,3-6,21-24H2,1-2H3. The van der Waals surface area contributed by atoms with Crippen LogP contribution in [0.4, 0.5) is 9.59 Å². The van der Waals surface area contributed by atoms with Gasteiger partial charge < -0.3 is 9.47 Å². The van der Waals surface area contributed by atoms with Crippen LogP contribution in [-0.2, 0) is 22.3 Å². The molecule has 0 radical (unpaired) electrons. The highest BCUT2D eigenvalue weighted by molar-refractivity contribution is 7.37. The molecule has 0 saturated heterocycles. The Morgan fingerprint density at radius 3 is 1.44 bits per heavy atom. The Balaban J connectivity index is 1.62. The van der Waals surface area contributed by atoms with Crippen LogP contribution in [0, 0.1) is 0 Å². The quantitative estimate of drug-likeness (QED) is 0.129. The third kappa shape index (κ3) is 4.53. The second-order valence-corrected chi connectivity index (χ2v) is 14.5. The van der Waals surface area contributed by atoms with E-state index in [4.69, 9.17) is 9.47 Å². The van der Waals surface area contributed by atoms with Crippen LogP contribution < -0.4 is 10.4 Å². The lowest BCUT2D eigenvalue weighted by Crippen LogP contribution is -2.72. The summed E-state index contributed by atoms with van der Waals surface area (Å²) in [5.41, 5.74) is 8.20. The zero-order valence-electron chi connectivity index (χ0n) is 23.9. The summed E-state index contributed by atoms with van der Waals surface area (Å²) in [5.74, 6) is 0. The van der Waals surface area contributed by atoms with Crippen LogP contribution in [0.25, 0.3) is 22.3 Å². The van der Waals surface area contributed by atoms with Crippen molar-refractivity contribution in [2.45, 2.75) is 52.4 Å². The van der Waals surface area contributed by atoms with E-state index in [0.29, 0.717) is 12.8 Å². The Morgan fingerprint density at radius 1 is 0.585 bits per heavy atom. The smallest absolute Gasteiger partial charge is 0.371 e. The maximum atomic E-state index is 14.7. The fraction of sp³-hybridized carbons (Fsp3) is 0.278. The molecule has 0 unspecified atom stereocenters. The van der Waals surface area contributed by atoms with E-state index in [1.807, 2.05) is 48.5 Å². The topological polar surface area (TPSA) is 52.6 Å². The van der Waals surface area contributed by atoms with Crippen LogP contribution >= 0.6 is 0 Å². The summed E-state index contributed by atoms with van der Waals surface area (Å²) in [6, 6.07) is 28.9. The van der Waals surface area contributed by atoms with Gasteiger partial charge in [-0.25, -0.2) is 0 Å². The number of ether oxygens (including phenoxy) is 2. The Bertz CT molecular complexity index is 1500. The number of fused-ring (bicyclic) bond motifs is 6. The number of hydrogen-bond donors (Lipinski definition) is 0. The first-order valence-electron chi connectivity index (χ1n) is 14.9. The predicted molar refractivity (Wildman–Crippen MR) is 167 cm³/mol. The zero-order chi connectivity index (χ0) is 28.4. The molecule has 0 aliphatic heterocycles. The lowest BCUT2D eigenvalue weighted by Gasteiger charge is -2.31. The summed E-state index contributed by atoms with van der Waals surface area (Å²) in [6.07, 6.45) is 4.64. The van der Waals surface area contributed by atoms with Gasteiger partial charge in [-0.15, -0.1) is 0 Å². The molecular formula is C36H36O4Si. The highest BCUT2D eigenvalue weighted by Crippen LogP contribution is 2.39. The van der Waals surface area contributed by atoms with Crippen LogP contribution in [0.2, 0.25) is 0 Å². The number of hydrogen-bond acceptors (Lipinski definition) is 4. The molecule has 4 aromatic rings. The van der Waals surface area contributed by atoms with Crippen LogP contribution in [0.3, 0.4) is 0 Å². The maximum Gasteiger partial charge on any atom is 0.371 e. The van der Waals surface area contributed by atoms with E-state index in [1.165, 1.54) is 11.1 Å². The van der Waals surface area contributed by atoms with Gasteiger partial charge in [-0.3, -0.25) is 9.59 Å². The molecule has 2 aliphatic carbocycles. The van der Waals surface area contributed by atoms with Gasteiger partial charge >= 0.3 is 8.07 Å². The molecule has 4 aromatic carbocycles. The van der Waals surface area contributed by atoms with Crippen molar-refractivity contribution in [3.05, 3.63) is 107 Å². The van der Waals surface area contributed by atoms with E-state index in [2.05, 4.69) is 50.2 Å². The maximum absolute atomic E-state index is 14.7. The van der Waals surface area contributed by atoms with Gasteiger partial charge in [0.15, 0.2) is 0 Å². The van der Waals surface area contributed by atoms with E-state index >= 15 is 0 Å². The van der Waals surface area contributed by atoms with Crippen molar-refractivity contribution in [1.82, 2.24) is 0 Å². The molecule has 41 heavy (non-hydrogen) atoms. The monoisotopic (exact) mass is 560 g/mol. The number of benzene rings is 4. The molecule has 5 heteroatoms. The molecule has 0 N–H and O–H groups in total. The summed E-state index contributed by atoms with van der Waals surface area (Å²) in [4.78, 5) is 29.4. The van der Waals surface area contributed by atoms with Gasteiger partial charge in [0.25, 0.3) is 11.2 Å². The van der Waals surface area contributed by atoms with Gasteiger partial charge in [-0.05, 0) is 80.6 Å². The second-order valence-electron chi connectivity index (χ2n) is 11.1. The van der Waals surface area contributed by atoms with E-state index in [1.54, 1.807) is 0 Å². The minimum Gasteiger partial charge on any atom is -0.469 e. The van der Waals surface area contributed by atoms with Crippen LogP contribution in [0.1, 0.15) is 61.8 Å². The molecule has 0 atom stereocenters. The summed E-state index contributed by atoms with van der Waals surface area (Å²) >= 11 is 0. The third-order valence-corrected chi connectivity index (χ3v) is 12.7. The fourth-order valence-corrected chi connectivity index (χ4v) is 10.5. The van der Waals surface area contributed by atoms with Crippen molar-refractivity contribution >= 4 is 29.6 Å². The van der Waals surface area contributed by atoms with Crippen molar-refractivity contribution in [3.8, 4) is 22.3 Å². The lowest BCUT2D eigenvalue weighted by molar-refractivity contribution is 0.160. The van der Waals surface area contributed by atoms with E-state index < -0.39 is 19.3 Å². The summed E-state index contributed by atoms with van der Waals surface area (Å²) in [7, 11) is -3.97. The molecule has 0 bridgehead atoms. The van der Waals surface area contributed by atoms with Crippen molar-refractivity contribution in [2.75, 3.05) is 13.2 Å². The summed E-state index contributed by atoms with van der Waals surface area (Å²) in [5, 5.41) is 1.61. The van der Waals surface area contributed by atoms with Gasteiger partial charge in [-0.2, -0.15) is 0 Å². The summed E-state index contributed by atoms with van der Waals surface area (Å²) in [6.45, 7) is 4.72.